The van der Waals surface area contributed by atoms with Crippen LogP contribution in [0.3, 0.4) is 0 Å². The second-order valence-corrected chi connectivity index (χ2v) is 5.88. The molecule has 1 amide bonds. The van der Waals surface area contributed by atoms with Crippen molar-refractivity contribution in [3.63, 3.8) is 0 Å². The van der Waals surface area contributed by atoms with E-state index in [0.717, 1.165) is 5.56 Å². The zero-order chi connectivity index (χ0) is 21.3. The third-order valence-electron chi connectivity index (χ3n) is 3.87. The number of nitrogens with one attached hydrogen (secondary N) is 1. The smallest absolute Gasteiger partial charge is 0.331 e. The van der Waals surface area contributed by atoms with E-state index in [1.807, 2.05) is 18.2 Å². The number of amides is 1. The summed E-state index contributed by atoms with van der Waals surface area (Å²) in [7, 11) is 3.05. The number of methoxy groups -OCH3 is 2. The van der Waals surface area contributed by atoms with Gasteiger partial charge in [0.15, 0.2) is 6.61 Å². The Kier molecular flexibility index (Phi) is 6.78. The zero-order valence-electron chi connectivity index (χ0n) is 16.3. The highest BCUT2D eigenvalue weighted by molar-refractivity contribution is 5.93. The molecule has 2 aromatic carbocycles. The molecule has 1 N–H and O–H groups in total. The van der Waals surface area contributed by atoms with E-state index < -0.39 is 18.5 Å². The molecule has 0 saturated carbocycles. The van der Waals surface area contributed by atoms with Crippen LogP contribution >= 0.6 is 0 Å². The summed E-state index contributed by atoms with van der Waals surface area (Å²) in [5.74, 6) is 0.114. The third-order valence-corrected chi connectivity index (χ3v) is 3.87. The number of aromatic nitrogens is 2. The van der Waals surface area contributed by atoms with Crippen molar-refractivity contribution in [3.8, 4) is 23.0 Å². The summed E-state index contributed by atoms with van der Waals surface area (Å²) in [6, 6.07) is 14.2. The first-order valence-electron chi connectivity index (χ1n) is 8.84. The molecule has 30 heavy (non-hydrogen) atoms. The van der Waals surface area contributed by atoms with Crippen molar-refractivity contribution in [2.24, 2.45) is 0 Å². The number of esters is 1. The number of hydrogen-bond acceptors (Lipinski definition) is 8. The van der Waals surface area contributed by atoms with Crippen molar-refractivity contribution in [1.82, 2.24) is 10.2 Å². The van der Waals surface area contributed by atoms with Crippen LogP contribution in [0.2, 0.25) is 0 Å². The van der Waals surface area contributed by atoms with Crippen molar-refractivity contribution in [2.75, 3.05) is 26.1 Å². The Morgan fingerprint density at radius 3 is 2.60 bits per heavy atom. The lowest BCUT2D eigenvalue weighted by Gasteiger charge is -2.07. The predicted octanol–water partition coefficient (Wildman–Crippen LogP) is 2.95. The van der Waals surface area contributed by atoms with Crippen LogP contribution in [0.15, 0.2) is 59.0 Å². The van der Waals surface area contributed by atoms with Crippen LogP contribution < -0.4 is 14.8 Å². The zero-order valence-corrected chi connectivity index (χ0v) is 16.3. The Hall–Kier alpha value is -4.14. The number of carbonyl (C=O) groups excluding carboxylic acids is 2. The summed E-state index contributed by atoms with van der Waals surface area (Å²) in [5, 5.41) is 9.98. The van der Waals surface area contributed by atoms with Gasteiger partial charge in [-0.2, -0.15) is 0 Å². The van der Waals surface area contributed by atoms with E-state index in [2.05, 4.69) is 15.5 Å². The number of hydrogen-bond donors (Lipinski definition) is 1. The van der Waals surface area contributed by atoms with Crippen LogP contribution in [0, 0.1) is 0 Å². The second-order valence-electron chi connectivity index (χ2n) is 5.88. The predicted molar refractivity (Wildman–Crippen MR) is 108 cm³/mol. The number of benzene rings is 2. The van der Waals surface area contributed by atoms with Gasteiger partial charge in [0.25, 0.3) is 5.91 Å². The minimum absolute atomic E-state index is 0.0911. The first-order chi connectivity index (χ1) is 14.6. The Labute approximate surface area is 172 Å². The Balaban J connectivity index is 1.52. The number of ether oxygens (including phenoxy) is 3. The van der Waals surface area contributed by atoms with E-state index in [1.165, 1.54) is 26.4 Å². The highest BCUT2D eigenvalue weighted by Gasteiger charge is 2.12. The Bertz CT molecular complexity index is 1050. The van der Waals surface area contributed by atoms with E-state index in [0.29, 0.717) is 17.1 Å². The van der Waals surface area contributed by atoms with Crippen LogP contribution in [0.5, 0.6) is 11.5 Å². The van der Waals surface area contributed by atoms with E-state index in [1.54, 1.807) is 30.3 Å². The van der Waals surface area contributed by atoms with Crippen molar-refractivity contribution in [1.29, 1.82) is 0 Å². The molecular weight excluding hydrogens is 390 g/mol. The fourth-order valence-electron chi connectivity index (χ4n) is 2.44. The molecule has 1 aromatic heterocycles. The van der Waals surface area contributed by atoms with Crippen LogP contribution in [0.25, 0.3) is 17.5 Å². The normalized spacial score (nSPS) is 10.6. The quantitative estimate of drug-likeness (QED) is 0.446. The first kappa shape index (κ1) is 20.6. The molecule has 3 aromatic rings. The molecule has 0 aliphatic heterocycles. The maximum Gasteiger partial charge on any atom is 0.331 e. The summed E-state index contributed by atoms with van der Waals surface area (Å²) in [4.78, 5) is 23.8. The van der Waals surface area contributed by atoms with Crippen LogP contribution in [0.1, 0.15) is 5.56 Å². The summed E-state index contributed by atoms with van der Waals surface area (Å²) < 4.78 is 20.7. The summed E-state index contributed by atoms with van der Waals surface area (Å²) in [5.41, 5.74) is 1.34. The number of anilines is 1. The fourth-order valence-corrected chi connectivity index (χ4v) is 2.44. The van der Waals surface area contributed by atoms with Crippen LogP contribution in [-0.4, -0.2) is 42.9 Å². The van der Waals surface area contributed by atoms with Gasteiger partial charge in [0, 0.05) is 17.2 Å². The maximum absolute atomic E-state index is 11.9. The lowest BCUT2D eigenvalue weighted by atomic mass is 10.1. The molecule has 1 heterocycles. The molecule has 9 nitrogen and oxygen atoms in total. The summed E-state index contributed by atoms with van der Waals surface area (Å²) in [6.45, 7) is -0.512. The van der Waals surface area contributed by atoms with Crippen molar-refractivity contribution in [3.05, 3.63) is 60.2 Å². The Morgan fingerprint density at radius 1 is 1.07 bits per heavy atom. The minimum atomic E-state index is -0.703. The molecule has 0 aliphatic carbocycles. The number of nitrogens with zero attached hydrogens (tertiary/aromatic N) is 2. The van der Waals surface area contributed by atoms with Gasteiger partial charge in [0.1, 0.15) is 11.5 Å². The van der Waals surface area contributed by atoms with Crippen molar-refractivity contribution < 1.29 is 28.2 Å². The van der Waals surface area contributed by atoms with Gasteiger partial charge in [-0.05, 0) is 36.4 Å². The molecule has 9 heteroatoms. The standard InChI is InChI=1S/C21H19N3O6/c1-27-16-9-10-17(28-2)15(12-16)8-11-19(26)29-13-18(25)22-21-24-23-20(30-21)14-6-4-3-5-7-14/h3-12H,13H2,1-2H3,(H,22,24,25)/b11-8+. The molecule has 0 spiro atoms. The molecule has 0 unspecified atom stereocenters. The molecule has 0 bridgehead atoms. The average molecular weight is 409 g/mol. The lowest BCUT2D eigenvalue weighted by Crippen LogP contribution is -2.20. The first-order valence-corrected chi connectivity index (χ1v) is 8.84. The van der Waals surface area contributed by atoms with E-state index >= 15 is 0 Å². The number of rotatable bonds is 8. The molecule has 0 radical (unpaired) electrons. The monoisotopic (exact) mass is 409 g/mol. The van der Waals surface area contributed by atoms with Crippen LogP contribution in [-0.2, 0) is 14.3 Å². The van der Waals surface area contributed by atoms with Gasteiger partial charge in [-0.1, -0.05) is 23.3 Å². The third kappa shape index (κ3) is 5.44. The van der Waals surface area contributed by atoms with Crippen molar-refractivity contribution in [2.45, 2.75) is 0 Å². The topological polar surface area (TPSA) is 113 Å². The summed E-state index contributed by atoms with van der Waals surface area (Å²) >= 11 is 0. The molecule has 154 valence electrons. The maximum atomic E-state index is 11.9. The van der Waals surface area contributed by atoms with Gasteiger partial charge in [0.05, 0.1) is 14.2 Å². The second kappa shape index (κ2) is 9.87. The van der Waals surface area contributed by atoms with E-state index in [-0.39, 0.29) is 11.9 Å². The molecule has 0 aliphatic rings. The SMILES string of the molecule is COc1ccc(OC)c(/C=C/C(=O)OCC(=O)Nc2nnc(-c3ccccc3)o2)c1. The lowest BCUT2D eigenvalue weighted by molar-refractivity contribution is -0.142. The molecule has 3 rings (SSSR count). The minimum Gasteiger partial charge on any atom is -0.497 e. The molecule has 0 atom stereocenters. The van der Waals surface area contributed by atoms with Crippen molar-refractivity contribution >= 4 is 24.0 Å². The van der Waals surface area contributed by atoms with Gasteiger partial charge in [0.2, 0.25) is 5.89 Å². The molecule has 0 fully saturated rings. The largest absolute Gasteiger partial charge is 0.497 e. The highest BCUT2D eigenvalue weighted by atomic mass is 16.5. The van der Waals surface area contributed by atoms with Gasteiger partial charge < -0.3 is 18.6 Å². The highest BCUT2D eigenvalue weighted by Crippen LogP contribution is 2.25. The fraction of sp³-hybridized carbons (Fsp3) is 0.143. The van der Waals surface area contributed by atoms with Gasteiger partial charge in [-0.15, -0.1) is 5.10 Å². The number of carbonyl (C=O) groups is 2. The molecule has 0 saturated heterocycles. The average Bonchev–Trinajstić information content (AvgIpc) is 3.25. The van der Waals surface area contributed by atoms with Gasteiger partial charge >= 0.3 is 12.0 Å². The van der Waals surface area contributed by atoms with E-state index in [4.69, 9.17) is 18.6 Å². The summed E-state index contributed by atoms with van der Waals surface area (Å²) in [6.07, 6.45) is 2.69. The molecular formula is C21H19N3O6. The van der Waals surface area contributed by atoms with Gasteiger partial charge in [-0.3, -0.25) is 10.1 Å². The van der Waals surface area contributed by atoms with E-state index in [9.17, 15) is 9.59 Å². The van der Waals surface area contributed by atoms with Gasteiger partial charge in [-0.25, -0.2) is 4.79 Å². The Morgan fingerprint density at radius 2 is 1.87 bits per heavy atom. The van der Waals surface area contributed by atoms with Crippen LogP contribution in [0.4, 0.5) is 6.01 Å².